The molecule has 0 spiro atoms. The summed E-state index contributed by atoms with van der Waals surface area (Å²) in [6.45, 7) is 29.7. The van der Waals surface area contributed by atoms with Crippen LogP contribution < -0.4 is 40.2 Å². The molecule has 0 saturated heterocycles. The third-order valence-electron chi connectivity index (χ3n) is 16.1. The van der Waals surface area contributed by atoms with Gasteiger partial charge >= 0.3 is 59.6 Å². The zero-order valence-electron chi connectivity index (χ0n) is 66.9. The van der Waals surface area contributed by atoms with E-state index in [-0.39, 0.29) is 0 Å². The van der Waals surface area contributed by atoms with Crippen molar-refractivity contribution in [3.8, 4) is 34.1 Å². The third kappa shape index (κ3) is 32.5. The summed E-state index contributed by atoms with van der Waals surface area (Å²) in [7, 11) is -11.5. The fraction of sp³-hybridized carbons (Fsp3) is 0.450. The van der Waals surface area contributed by atoms with Crippen molar-refractivity contribution in [3.05, 3.63) is 156 Å². The van der Waals surface area contributed by atoms with Gasteiger partial charge in [0.1, 0.15) is 23.0 Å². The summed E-state index contributed by atoms with van der Waals surface area (Å²) < 4.78 is 94.0. The van der Waals surface area contributed by atoms with Gasteiger partial charge in [-0.3, -0.25) is 20.0 Å². The summed E-state index contributed by atoms with van der Waals surface area (Å²) in [5.74, 6) is 1.33. The summed E-state index contributed by atoms with van der Waals surface area (Å²) in [5, 5.41) is 11.3. The van der Waals surface area contributed by atoms with E-state index in [9.17, 15) is 19.2 Å². The minimum absolute atomic E-state index is 0.328. The van der Waals surface area contributed by atoms with E-state index in [1.807, 2.05) is 119 Å². The van der Waals surface area contributed by atoms with Crippen molar-refractivity contribution in [1.82, 2.24) is 21.3 Å². The van der Waals surface area contributed by atoms with Gasteiger partial charge in [0.15, 0.2) is 0 Å². The second-order valence-electron chi connectivity index (χ2n) is 24.3. The summed E-state index contributed by atoms with van der Waals surface area (Å²) in [6, 6.07) is 41.3. The highest BCUT2D eigenvalue weighted by molar-refractivity contribution is 6.62. The van der Waals surface area contributed by atoms with Gasteiger partial charge in [-0.05, 0) is 263 Å². The minimum atomic E-state index is -2.88. The maximum atomic E-state index is 13.0. The summed E-state index contributed by atoms with van der Waals surface area (Å²) >= 11 is 0. The summed E-state index contributed by atoms with van der Waals surface area (Å²) in [5.41, 5.74) is 6.44. The average molecular weight is 1620 g/mol. The highest BCUT2D eigenvalue weighted by atomic mass is 28.4. The van der Waals surface area contributed by atoms with Gasteiger partial charge in [0.05, 0.1) is 22.7 Å². The van der Waals surface area contributed by atoms with Gasteiger partial charge in [0.2, 0.25) is 0 Å². The number of hydrogen-bond acceptors (Lipinski definition) is 24. The van der Waals surface area contributed by atoms with E-state index in [1.54, 1.807) is 122 Å². The van der Waals surface area contributed by atoms with Crippen LogP contribution in [0.15, 0.2) is 153 Å². The molecule has 0 bridgehead atoms. The molecule has 4 amide bonds. The van der Waals surface area contributed by atoms with E-state index in [1.165, 1.54) is 0 Å². The van der Waals surface area contributed by atoms with E-state index in [0.717, 1.165) is 11.1 Å². The molecular formula is C80H114N8O20Si4. The first-order valence-electron chi connectivity index (χ1n) is 38.8. The number of hydrogen-bond donors (Lipinski definition) is 4. The molecule has 0 saturated carbocycles. The van der Waals surface area contributed by atoms with Crippen molar-refractivity contribution < 1.29 is 91.2 Å². The van der Waals surface area contributed by atoms with Crippen LogP contribution in [-0.4, -0.2) is 190 Å². The van der Waals surface area contributed by atoms with Crippen molar-refractivity contribution in [2.24, 2.45) is 20.0 Å². The van der Waals surface area contributed by atoms with Crippen LogP contribution in [0.1, 0.15) is 131 Å². The number of carbonyl (C=O) groups is 4. The van der Waals surface area contributed by atoms with Crippen molar-refractivity contribution >= 4 is 107 Å². The van der Waals surface area contributed by atoms with Gasteiger partial charge in [-0.15, -0.1) is 0 Å². The predicted octanol–water partition coefficient (Wildman–Crippen LogP) is 16.5. The van der Waals surface area contributed by atoms with Crippen molar-refractivity contribution in [2.75, 3.05) is 105 Å². The molecule has 0 radical (unpaired) electrons. The van der Waals surface area contributed by atoms with Crippen LogP contribution in [0.5, 0.6) is 23.0 Å². The third-order valence-corrected chi connectivity index (χ3v) is 28.8. The lowest BCUT2D eigenvalue weighted by Crippen LogP contribution is -2.46. The molecule has 0 heterocycles. The predicted molar refractivity (Wildman–Crippen MR) is 443 cm³/mol. The lowest BCUT2D eigenvalue weighted by atomic mass is 10.0. The molecule has 4 N–H and O–H groups in total. The Morgan fingerprint density at radius 1 is 0.268 bits per heavy atom. The van der Waals surface area contributed by atoms with Crippen LogP contribution in [0.25, 0.3) is 11.1 Å². The minimum Gasteiger partial charge on any atom is -0.410 e. The Hall–Kier alpha value is -8.53. The molecule has 0 atom stereocenters. The van der Waals surface area contributed by atoms with Crippen LogP contribution in [0, 0.1) is 0 Å². The van der Waals surface area contributed by atoms with Crippen molar-refractivity contribution in [1.29, 1.82) is 0 Å². The number of carbonyl (C=O) groups excluding carboxylic acids is 4. The van der Waals surface area contributed by atoms with Crippen molar-refractivity contribution in [3.63, 3.8) is 0 Å². The van der Waals surface area contributed by atoms with Crippen LogP contribution in [0.4, 0.5) is 41.9 Å². The van der Waals surface area contributed by atoms with Crippen LogP contribution in [-0.2, 0) is 53.1 Å². The maximum Gasteiger partial charge on any atom is 0.500 e. The number of aliphatic imine (C=N–C) groups is 4. The number of nitrogens with zero attached hydrogens (tertiary/aromatic N) is 4. The Bertz CT molecular complexity index is 3570. The Kier molecular flexibility index (Phi) is 42.3. The second-order valence-corrected chi connectivity index (χ2v) is 35.3. The van der Waals surface area contributed by atoms with E-state index in [2.05, 4.69) is 21.3 Å². The first-order valence-corrected chi connectivity index (χ1v) is 46.5. The zero-order valence-corrected chi connectivity index (χ0v) is 70.9. The van der Waals surface area contributed by atoms with Crippen molar-refractivity contribution in [2.45, 2.75) is 133 Å². The van der Waals surface area contributed by atoms with E-state index < -0.39 is 59.6 Å². The molecule has 0 unspecified atom stereocenters. The van der Waals surface area contributed by atoms with E-state index >= 15 is 0 Å². The zero-order chi connectivity index (χ0) is 80.7. The first kappa shape index (κ1) is 92.3. The van der Waals surface area contributed by atoms with Crippen LogP contribution >= 0.6 is 0 Å². The summed E-state index contributed by atoms with van der Waals surface area (Å²) in [4.78, 5) is 71.6. The molecule has 0 fully saturated rings. The van der Waals surface area contributed by atoms with Gasteiger partial charge in [-0.1, -0.05) is 12.1 Å². The van der Waals surface area contributed by atoms with Crippen LogP contribution in [0.3, 0.4) is 0 Å². The lowest BCUT2D eigenvalue weighted by molar-refractivity contribution is 0.0700. The summed E-state index contributed by atoms with van der Waals surface area (Å²) in [6.07, 6.45) is 6.62. The molecule has 0 aliphatic rings. The SMILES string of the molecule is CCO[Si](CCCNC(=O)Oc1ccc(C=Nc2ccc(-c3ccc(N=Cc4ccc(OC(=O)NCCC[Si](OCC)(OCC)OCC)cc4)c(N=Cc4ccc(OC(=O)NCCC[Si](OCC)(OCC)OCC)cc4)c3)cc2N=Cc2ccc(OC(=O)NCCC[Si](OCC)(OCC)OCC)cc2)cc1)(OCC)OCC. The number of nitrogens with one attached hydrogen (secondary N) is 4. The Balaban J connectivity index is 1.26. The molecule has 32 heteroatoms. The Morgan fingerprint density at radius 2 is 0.455 bits per heavy atom. The Morgan fingerprint density at radius 3 is 0.643 bits per heavy atom. The van der Waals surface area contributed by atoms with Gasteiger partial charge in [-0.25, -0.2) is 19.2 Å². The highest BCUT2D eigenvalue weighted by Gasteiger charge is 2.43. The number of ether oxygens (including phenoxy) is 4. The lowest BCUT2D eigenvalue weighted by Gasteiger charge is -2.28. The first-order chi connectivity index (χ1) is 54.4. The van der Waals surface area contributed by atoms with Crippen LogP contribution in [0.2, 0.25) is 24.2 Å². The molecular weight excluding hydrogens is 1510 g/mol. The number of amides is 4. The quantitative estimate of drug-likeness (QED) is 0.0157. The fourth-order valence-electron chi connectivity index (χ4n) is 11.5. The van der Waals surface area contributed by atoms with E-state index in [0.29, 0.717) is 223 Å². The maximum absolute atomic E-state index is 13.0. The topological polar surface area (TPSA) is 314 Å². The smallest absolute Gasteiger partial charge is 0.410 e. The molecule has 610 valence electrons. The molecule has 0 aromatic heterocycles. The Labute approximate surface area is 664 Å². The van der Waals surface area contributed by atoms with Gasteiger partial charge in [0, 0.05) is 154 Å². The normalized spacial score (nSPS) is 12.1. The second kappa shape index (κ2) is 51.3. The molecule has 0 aliphatic heterocycles. The standard InChI is InChI=1S/C80H114N8O20Si4/c1-13-93-109(94-14-2,95-15-3)53-25-49-81-77(89)105-69-39-29-63(30-40-69)59-85-73-47-37-67(57-75(73)87-61-65-33-43-71(44-34-65)107-79(91)83-51-27-55-111(99-19-7,100-20-8)101-21-9)68-38-48-74(86-60-64-31-41-70(42-32-64)106-78(90)82-50-26-54-110(96-16-4,97-17-5)98-18-6)76(58-68)88-62-66-35-45-72(46-36-66)108-80(92)84-52-28-56-112(102-22-10,103-23-11)104-24-12/h29-48,57-62H,13-28,49-56H2,1-12H3,(H,81,89)(H,82,90)(H,83,91)(H,84,92). The molecule has 112 heavy (non-hydrogen) atoms. The van der Waals surface area contributed by atoms with Gasteiger partial charge in [-0.2, -0.15) is 0 Å². The van der Waals surface area contributed by atoms with E-state index in [4.69, 9.17) is 92.0 Å². The van der Waals surface area contributed by atoms with Gasteiger partial charge < -0.3 is 93.3 Å². The molecule has 28 nitrogen and oxygen atoms in total. The number of benzene rings is 6. The number of rotatable bonds is 53. The fourth-order valence-corrected chi connectivity index (χ4v) is 21.9. The largest absolute Gasteiger partial charge is 0.500 e. The monoisotopic (exact) mass is 1620 g/mol. The molecule has 0 aliphatic carbocycles. The molecule has 6 aromatic rings. The molecule has 6 aromatic carbocycles. The highest BCUT2D eigenvalue weighted by Crippen LogP contribution is 2.38. The average Bonchev–Trinajstić information content (AvgIpc) is 0.811. The molecule has 6 rings (SSSR count). The van der Waals surface area contributed by atoms with Gasteiger partial charge in [0.25, 0.3) is 0 Å².